The van der Waals surface area contributed by atoms with Crippen molar-refractivity contribution >= 4 is 23.1 Å². The highest BCUT2D eigenvalue weighted by atomic mass is 16.6. The van der Waals surface area contributed by atoms with Crippen molar-refractivity contribution in [2.24, 2.45) is 5.92 Å². The molecular weight excluding hydrogens is 508 g/mol. The Kier molecular flexibility index (Phi) is 8.53. The van der Waals surface area contributed by atoms with Crippen LogP contribution in [0.4, 0.5) is 10.6 Å². The summed E-state index contributed by atoms with van der Waals surface area (Å²) in [6.45, 7) is 1.69. The molecule has 39 heavy (non-hydrogen) atoms. The number of piperidine rings is 1. The Hall–Kier alpha value is -3.36. The number of hydrogen-bond donors (Lipinski definition) is 4. The Labute approximate surface area is 225 Å². The van der Waals surface area contributed by atoms with E-state index in [0.29, 0.717) is 49.7 Å². The van der Waals surface area contributed by atoms with Gasteiger partial charge in [-0.1, -0.05) is 30.3 Å². The van der Waals surface area contributed by atoms with E-state index in [4.69, 9.17) is 19.9 Å². The first-order valence-electron chi connectivity index (χ1n) is 13.1. The zero-order valence-corrected chi connectivity index (χ0v) is 21.5. The van der Waals surface area contributed by atoms with Gasteiger partial charge in [-0.25, -0.2) is 19.7 Å². The van der Waals surface area contributed by atoms with Crippen LogP contribution in [0.2, 0.25) is 0 Å². The van der Waals surface area contributed by atoms with Gasteiger partial charge in [-0.3, -0.25) is 4.57 Å². The maximum absolute atomic E-state index is 12.4. The first-order valence-corrected chi connectivity index (χ1v) is 13.1. The molecule has 13 heteroatoms. The minimum absolute atomic E-state index is 0.196. The van der Waals surface area contributed by atoms with Gasteiger partial charge in [0.25, 0.3) is 0 Å². The van der Waals surface area contributed by atoms with Crippen molar-refractivity contribution in [3.05, 3.63) is 48.0 Å². The lowest BCUT2D eigenvalue weighted by Gasteiger charge is -2.31. The summed E-state index contributed by atoms with van der Waals surface area (Å²) >= 11 is 0. The molecule has 0 saturated carbocycles. The Balaban J connectivity index is 1.12. The van der Waals surface area contributed by atoms with Gasteiger partial charge in [0.2, 0.25) is 0 Å². The number of imidazole rings is 1. The van der Waals surface area contributed by atoms with Crippen molar-refractivity contribution in [2.45, 2.75) is 50.4 Å². The van der Waals surface area contributed by atoms with Crippen molar-refractivity contribution in [3.8, 4) is 0 Å². The van der Waals surface area contributed by atoms with E-state index in [2.05, 4.69) is 15.0 Å². The zero-order chi connectivity index (χ0) is 27.4. The first-order chi connectivity index (χ1) is 18.9. The van der Waals surface area contributed by atoms with Crippen LogP contribution in [0.5, 0.6) is 0 Å². The third-order valence-electron chi connectivity index (χ3n) is 7.19. The number of nitrogens with zero attached hydrogens (tertiary/aromatic N) is 5. The fraction of sp³-hybridized carbons (Fsp3) is 0.538. The van der Waals surface area contributed by atoms with Crippen LogP contribution in [0.3, 0.4) is 0 Å². The van der Waals surface area contributed by atoms with Gasteiger partial charge in [0.15, 0.2) is 17.7 Å². The largest absolute Gasteiger partial charge is 0.447 e. The van der Waals surface area contributed by atoms with Crippen molar-refractivity contribution in [1.82, 2.24) is 24.4 Å². The molecule has 13 nitrogen and oxygen atoms in total. The smallest absolute Gasteiger partial charge is 0.409 e. The van der Waals surface area contributed by atoms with Gasteiger partial charge in [0.1, 0.15) is 36.3 Å². The highest BCUT2D eigenvalue weighted by molar-refractivity contribution is 5.81. The monoisotopic (exact) mass is 542 g/mol. The van der Waals surface area contributed by atoms with Gasteiger partial charge < -0.3 is 40.2 Å². The molecule has 2 aromatic heterocycles. The average Bonchev–Trinajstić information content (AvgIpc) is 3.50. The van der Waals surface area contributed by atoms with Crippen LogP contribution < -0.4 is 5.73 Å². The van der Waals surface area contributed by atoms with Crippen LogP contribution in [0.25, 0.3) is 11.2 Å². The fourth-order valence-corrected chi connectivity index (χ4v) is 4.99. The standard InChI is InChI=1S/C26H34N6O7/c27-23-20-24(32(15-28-20)25-22(35)21(34)18(13-33)39-25)30-19(29-23)12-16-6-8-31(9-7-16)26(36)38-11-10-37-14-17-4-2-1-3-5-17/h1-5,15-16,18,21-22,25,33-35H,6-14H2,(H2,27,29,30)/t18-,21?,22?,25-/m1/s1. The van der Waals surface area contributed by atoms with E-state index >= 15 is 0 Å². The normalized spacial score (nSPS) is 23.9. The number of carbonyl (C=O) groups is 1. The lowest BCUT2D eigenvalue weighted by molar-refractivity contribution is -0.0511. The van der Waals surface area contributed by atoms with Gasteiger partial charge in [-0.15, -0.1) is 0 Å². The molecule has 1 aromatic carbocycles. The maximum Gasteiger partial charge on any atom is 0.409 e. The van der Waals surface area contributed by atoms with E-state index < -0.39 is 31.1 Å². The van der Waals surface area contributed by atoms with Crippen LogP contribution in [-0.2, 0) is 27.2 Å². The molecule has 2 aliphatic heterocycles. The summed E-state index contributed by atoms with van der Waals surface area (Å²) in [5.41, 5.74) is 7.96. The number of anilines is 1. The molecule has 5 N–H and O–H groups in total. The molecule has 2 saturated heterocycles. The third kappa shape index (κ3) is 6.12. The van der Waals surface area contributed by atoms with Crippen LogP contribution in [0.1, 0.15) is 30.5 Å². The Morgan fingerprint density at radius 1 is 1.10 bits per heavy atom. The lowest BCUT2D eigenvalue weighted by atomic mass is 9.93. The summed E-state index contributed by atoms with van der Waals surface area (Å²) in [4.78, 5) is 27.4. The number of ether oxygens (including phenoxy) is 3. The SMILES string of the molecule is Nc1nc(CC2CCN(C(=O)OCCOCc3ccccc3)CC2)nc2c1ncn2[C@@H]1O[C@H](CO)C(O)C1O. The summed E-state index contributed by atoms with van der Waals surface area (Å²) in [7, 11) is 0. The molecule has 0 aliphatic carbocycles. The van der Waals surface area contributed by atoms with E-state index in [1.807, 2.05) is 30.3 Å². The van der Waals surface area contributed by atoms with Crippen LogP contribution >= 0.6 is 0 Å². The number of benzene rings is 1. The molecule has 4 atom stereocenters. The fourth-order valence-electron chi connectivity index (χ4n) is 4.99. The summed E-state index contributed by atoms with van der Waals surface area (Å²) in [6, 6.07) is 9.82. The molecule has 4 heterocycles. The molecule has 0 spiro atoms. The first kappa shape index (κ1) is 27.2. The number of fused-ring (bicyclic) bond motifs is 1. The second kappa shape index (κ2) is 12.2. The van der Waals surface area contributed by atoms with E-state index in [0.717, 1.165) is 18.4 Å². The number of aliphatic hydroxyl groups excluding tert-OH is 3. The van der Waals surface area contributed by atoms with Crippen molar-refractivity contribution in [1.29, 1.82) is 0 Å². The molecule has 3 aromatic rings. The van der Waals surface area contributed by atoms with Crippen LogP contribution in [0, 0.1) is 5.92 Å². The number of nitrogens with two attached hydrogens (primary N) is 1. The Morgan fingerprint density at radius 3 is 2.59 bits per heavy atom. The van der Waals surface area contributed by atoms with E-state index in [1.165, 1.54) is 10.9 Å². The van der Waals surface area contributed by atoms with Crippen LogP contribution in [-0.4, -0.2) is 97.1 Å². The number of nitrogen functional groups attached to an aromatic ring is 1. The van der Waals surface area contributed by atoms with Crippen molar-refractivity contribution < 1.29 is 34.3 Å². The van der Waals surface area contributed by atoms with Gasteiger partial charge in [0, 0.05) is 19.5 Å². The number of aliphatic hydroxyl groups is 3. The van der Waals surface area contributed by atoms with Crippen molar-refractivity contribution in [2.75, 3.05) is 38.6 Å². The second-order valence-corrected chi connectivity index (χ2v) is 9.87. The highest BCUT2D eigenvalue weighted by Gasteiger charge is 2.44. The van der Waals surface area contributed by atoms with Crippen molar-refractivity contribution in [3.63, 3.8) is 0 Å². The van der Waals surface area contributed by atoms with Gasteiger partial charge in [-0.2, -0.15) is 0 Å². The van der Waals surface area contributed by atoms with Gasteiger partial charge in [-0.05, 0) is 24.3 Å². The van der Waals surface area contributed by atoms with Crippen LogP contribution in [0.15, 0.2) is 36.7 Å². The molecular formula is C26H34N6O7. The average molecular weight is 543 g/mol. The predicted molar refractivity (Wildman–Crippen MR) is 138 cm³/mol. The number of rotatable bonds is 9. The van der Waals surface area contributed by atoms with E-state index in [1.54, 1.807) is 4.90 Å². The quantitative estimate of drug-likeness (QED) is 0.279. The Morgan fingerprint density at radius 2 is 1.87 bits per heavy atom. The highest BCUT2D eigenvalue weighted by Crippen LogP contribution is 2.32. The van der Waals surface area contributed by atoms with E-state index in [9.17, 15) is 20.1 Å². The third-order valence-corrected chi connectivity index (χ3v) is 7.19. The molecule has 0 bridgehead atoms. The zero-order valence-electron chi connectivity index (χ0n) is 21.5. The topological polar surface area (TPSA) is 178 Å². The molecule has 0 radical (unpaired) electrons. The molecule has 5 rings (SSSR count). The number of aromatic nitrogens is 4. The minimum Gasteiger partial charge on any atom is -0.447 e. The molecule has 1 amide bonds. The molecule has 2 fully saturated rings. The number of likely N-dealkylation sites (tertiary alicyclic amines) is 1. The minimum atomic E-state index is -1.27. The lowest BCUT2D eigenvalue weighted by Crippen LogP contribution is -2.39. The molecule has 2 unspecified atom stereocenters. The predicted octanol–water partition coefficient (Wildman–Crippen LogP) is 0.628. The van der Waals surface area contributed by atoms with Gasteiger partial charge >= 0.3 is 6.09 Å². The summed E-state index contributed by atoms with van der Waals surface area (Å²) in [5.74, 6) is 0.964. The number of hydrogen-bond acceptors (Lipinski definition) is 11. The second-order valence-electron chi connectivity index (χ2n) is 9.87. The summed E-state index contributed by atoms with van der Waals surface area (Å²) < 4.78 is 18.1. The van der Waals surface area contributed by atoms with E-state index in [-0.39, 0.29) is 24.4 Å². The molecule has 2 aliphatic rings. The number of amides is 1. The molecule has 210 valence electrons. The summed E-state index contributed by atoms with van der Waals surface area (Å²) in [5, 5.41) is 30.0. The van der Waals surface area contributed by atoms with Gasteiger partial charge in [0.05, 0.1) is 26.1 Å². The number of carbonyl (C=O) groups excluding carboxylic acids is 1. The summed E-state index contributed by atoms with van der Waals surface area (Å²) in [6.07, 6.45) is -1.24. The maximum atomic E-state index is 12.4. The Bertz CT molecular complexity index is 1250.